The Balaban J connectivity index is 1.83. The van der Waals surface area contributed by atoms with Crippen molar-refractivity contribution in [2.75, 3.05) is 33.9 Å². The van der Waals surface area contributed by atoms with E-state index in [1.54, 1.807) is 19.2 Å². The van der Waals surface area contributed by atoms with Crippen molar-refractivity contribution in [2.45, 2.75) is 31.0 Å². The van der Waals surface area contributed by atoms with Crippen molar-refractivity contribution in [3.05, 3.63) is 29.6 Å². The summed E-state index contributed by atoms with van der Waals surface area (Å²) >= 11 is 0. The minimum atomic E-state index is -0.249. The zero-order chi connectivity index (χ0) is 14.8. The monoisotopic (exact) mass is 294 g/mol. The van der Waals surface area contributed by atoms with Gasteiger partial charge in [-0.1, -0.05) is 0 Å². The lowest BCUT2D eigenvalue weighted by atomic mass is 9.98. The van der Waals surface area contributed by atoms with Crippen LogP contribution in [0.25, 0.3) is 0 Å². The maximum Gasteiger partial charge on any atom is 0.123 e. The van der Waals surface area contributed by atoms with Gasteiger partial charge in [-0.25, -0.2) is 4.39 Å². The maximum atomic E-state index is 13.6. The molecule has 0 spiro atoms. The Morgan fingerprint density at radius 1 is 1.48 bits per heavy atom. The SMILES string of the molecule is CNC(c1cc(F)ccc1OC)C1CN2CCCC2CO1. The molecule has 0 amide bonds. The maximum absolute atomic E-state index is 13.6. The Labute approximate surface area is 125 Å². The standard InChI is InChI=1S/C16H23FN2O2/c1-18-16(13-8-11(17)5-6-14(13)20-2)15-9-19-7-3-4-12(19)10-21-15/h5-6,8,12,15-16,18H,3-4,7,9-10H2,1-2H3. The van der Waals surface area contributed by atoms with Crippen molar-refractivity contribution in [2.24, 2.45) is 0 Å². The molecule has 0 aliphatic carbocycles. The molecule has 21 heavy (non-hydrogen) atoms. The molecule has 2 aliphatic heterocycles. The summed E-state index contributed by atoms with van der Waals surface area (Å²) in [5.41, 5.74) is 0.822. The van der Waals surface area contributed by atoms with Gasteiger partial charge in [-0.3, -0.25) is 4.90 Å². The lowest BCUT2D eigenvalue weighted by molar-refractivity contribution is -0.0645. The molecule has 0 radical (unpaired) electrons. The molecule has 1 aromatic rings. The van der Waals surface area contributed by atoms with E-state index in [-0.39, 0.29) is 18.0 Å². The number of fused-ring (bicyclic) bond motifs is 1. The summed E-state index contributed by atoms with van der Waals surface area (Å²) < 4.78 is 25.1. The molecule has 2 aliphatic rings. The highest BCUT2D eigenvalue weighted by Crippen LogP contribution is 2.33. The number of halogens is 1. The highest BCUT2D eigenvalue weighted by molar-refractivity contribution is 5.37. The zero-order valence-corrected chi connectivity index (χ0v) is 12.6. The molecule has 0 bridgehead atoms. The van der Waals surface area contributed by atoms with E-state index in [0.29, 0.717) is 11.8 Å². The van der Waals surface area contributed by atoms with E-state index in [9.17, 15) is 4.39 Å². The molecule has 116 valence electrons. The second-order valence-electron chi connectivity index (χ2n) is 5.82. The van der Waals surface area contributed by atoms with Crippen LogP contribution in [0.15, 0.2) is 18.2 Å². The smallest absolute Gasteiger partial charge is 0.123 e. The van der Waals surface area contributed by atoms with Crippen LogP contribution >= 0.6 is 0 Å². The molecule has 2 fully saturated rings. The number of benzene rings is 1. The lowest BCUT2D eigenvalue weighted by Crippen LogP contribution is -2.50. The van der Waals surface area contributed by atoms with Crippen molar-refractivity contribution in [1.29, 1.82) is 0 Å². The molecule has 1 aromatic carbocycles. The number of hydrogen-bond acceptors (Lipinski definition) is 4. The third kappa shape index (κ3) is 2.91. The number of nitrogens with one attached hydrogen (secondary N) is 1. The van der Waals surface area contributed by atoms with E-state index in [2.05, 4.69) is 10.2 Å². The number of methoxy groups -OCH3 is 1. The number of ether oxygens (including phenoxy) is 2. The van der Waals surface area contributed by atoms with Gasteiger partial charge in [-0.15, -0.1) is 0 Å². The highest BCUT2D eigenvalue weighted by atomic mass is 19.1. The van der Waals surface area contributed by atoms with Crippen LogP contribution in [0.5, 0.6) is 5.75 Å². The summed E-state index contributed by atoms with van der Waals surface area (Å²) in [6.45, 7) is 2.79. The molecule has 0 saturated carbocycles. The quantitative estimate of drug-likeness (QED) is 0.920. The Hall–Kier alpha value is -1.17. The Morgan fingerprint density at radius 2 is 2.33 bits per heavy atom. The molecule has 0 aromatic heterocycles. The number of rotatable bonds is 4. The van der Waals surface area contributed by atoms with Gasteiger partial charge in [-0.2, -0.15) is 0 Å². The predicted molar refractivity (Wildman–Crippen MR) is 79.1 cm³/mol. The molecule has 2 saturated heterocycles. The first kappa shape index (κ1) is 14.8. The first-order valence-electron chi connectivity index (χ1n) is 7.59. The fraction of sp³-hybridized carbons (Fsp3) is 0.625. The van der Waals surface area contributed by atoms with Gasteiger partial charge in [0.15, 0.2) is 0 Å². The Morgan fingerprint density at radius 3 is 3.10 bits per heavy atom. The summed E-state index contributed by atoms with van der Waals surface area (Å²) in [5.74, 6) is 0.448. The van der Waals surface area contributed by atoms with Crippen LogP contribution in [0.3, 0.4) is 0 Å². The molecule has 5 heteroatoms. The van der Waals surface area contributed by atoms with E-state index in [0.717, 1.165) is 25.3 Å². The van der Waals surface area contributed by atoms with Crippen LogP contribution < -0.4 is 10.1 Å². The normalized spacial score (nSPS) is 27.4. The minimum absolute atomic E-state index is 0.0139. The van der Waals surface area contributed by atoms with Crippen molar-refractivity contribution in [1.82, 2.24) is 10.2 Å². The fourth-order valence-electron chi connectivity index (χ4n) is 3.53. The van der Waals surface area contributed by atoms with Gasteiger partial charge in [0.25, 0.3) is 0 Å². The summed E-state index contributed by atoms with van der Waals surface area (Å²) in [7, 11) is 3.50. The van der Waals surface area contributed by atoms with Crippen LogP contribution in [0.2, 0.25) is 0 Å². The number of nitrogens with zero attached hydrogens (tertiary/aromatic N) is 1. The molecule has 4 nitrogen and oxygen atoms in total. The molecule has 3 rings (SSSR count). The largest absolute Gasteiger partial charge is 0.496 e. The van der Waals surface area contributed by atoms with E-state index >= 15 is 0 Å². The zero-order valence-electron chi connectivity index (χ0n) is 12.6. The van der Waals surface area contributed by atoms with Gasteiger partial charge in [-0.05, 0) is 44.6 Å². The van der Waals surface area contributed by atoms with Crippen molar-refractivity contribution in [3.63, 3.8) is 0 Å². The van der Waals surface area contributed by atoms with Gasteiger partial charge < -0.3 is 14.8 Å². The molecular weight excluding hydrogens is 271 g/mol. The minimum Gasteiger partial charge on any atom is -0.496 e. The number of hydrogen-bond donors (Lipinski definition) is 1. The summed E-state index contributed by atoms with van der Waals surface area (Å²) in [6, 6.07) is 5.13. The molecule has 2 heterocycles. The fourth-order valence-corrected chi connectivity index (χ4v) is 3.53. The van der Waals surface area contributed by atoms with Crippen LogP contribution in [0.1, 0.15) is 24.4 Å². The van der Waals surface area contributed by atoms with E-state index in [1.165, 1.54) is 18.9 Å². The summed E-state index contributed by atoms with van der Waals surface area (Å²) in [6.07, 6.45) is 2.48. The third-order valence-corrected chi connectivity index (χ3v) is 4.63. The highest BCUT2D eigenvalue weighted by Gasteiger charge is 2.36. The van der Waals surface area contributed by atoms with Crippen molar-refractivity contribution < 1.29 is 13.9 Å². The van der Waals surface area contributed by atoms with Crippen molar-refractivity contribution >= 4 is 0 Å². The van der Waals surface area contributed by atoms with E-state index < -0.39 is 0 Å². The first-order chi connectivity index (χ1) is 10.2. The molecule has 3 unspecified atom stereocenters. The number of likely N-dealkylation sites (N-methyl/N-ethyl adjacent to an activating group) is 1. The Kier molecular flexibility index (Phi) is 4.42. The third-order valence-electron chi connectivity index (χ3n) is 4.63. The summed E-state index contributed by atoms with van der Waals surface area (Å²) in [4.78, 5) is 2.49. The van der Waals surface area contributed by atoms with Crippen LogP contribution in [-0.4, -0.2) is 50.9 Å². The first-order valence-corrected chi connectivity index (χ1v) is 7.59. The average molecular weight is 294 g/mol. The van der Waals surface area contributed by atoms with E-state index in [4.69, 9.17) is 9.47 Å². The van der Waals surface area contributed by atoms with E-state index in [1.807, 2.05) is 7.05 Å². The van der Waals surface area contributed by atoms with Gasteiger partial charge >= 0.3 is 0 Å². The summed E-state index contributed by atoms with van der Waals surface area (Å²) in [5, 5.41) is 3.27. The van der Waals surface area contributed by atoms with Crippen LogP contribution in [0.4, 0.5) is 4.39 Å². The van der Waals surface area contributed by atoms with Gasteiger partial charge in [0.05, 0.1) is 25.9 Å². The number of morpholine rings is 1. The van der Waals surface area contributed by atoms with Crippen LogP contribution in [0, 0.1) is 5.82 Å². The molecule has 1 N–H and O–H groups in total. The lowest BCUT2D eigenvalue weighted by Gasteiger charge is -2.39. The predicted octanol–water partition coefficient (Wildman–Crippen LogP) is 1.96. The van der Waals surface area contributed by atoms with Gasteiger partial charge in [0.1, 0.15) is 11.6 Å². The average Bonchev–Trinajstić information content (AvgIpc) is 2.96. The Bertz CT molecular complexity index is 497. The second kappa shape index (κ2) is 6.30. The second-order valence-corrected chi connectivity index (χ2v) is 5.82. The molecular formula is C16H23FN2O2. The van der Waals surface area contributed by atoms with Crippen LogP contribution in [-0.2, 0) is 4.74 Å². The van der Waals surface area contributed by atoms with Gasteiger partial charge in [0, 0.05) is 18.2 Å². The topological polar surface area (TPSA) is 33.7 Å². The molecule has 3 atom stereocenters. The van der Waals surface area contributed by atoms with Crippen molar-refractivity contribution in [3.8, 4) is 5.75 Å². The van der Waals surface area contributed by atoms with Gasteiger partial charge in [0.2, 0.25) is 0 Å².